The number of anilines is 2. The van der Waals surface area contributed by atoms with Crippen molar-refractivity contribution in [1.82, 2.24) is 10.2 Å². The molecule has 0 aliphatic rings. The van der Waals surface area contributed by atoms with E-state index in [0.29, 0.717) is 10.2 Å². The highest BCUT2D eigenvalue weighted by atomic mass is 35.5. The third kappa shape index (κ3) is 3.39. The zero-order valence-corrected chi connectivity index (χ0v) is 10.8. The normalized spacial score (nSPS) is 9.95. The molecule has 0 atom stereocenters. The SMILES string of the molecule is O=C(Nc1nncs1)Nc1cc(Cl)ccc1C(=O)O. The molecule has 7 nitrogen and oxygen atoms in total. The molecule has 19 heavy (non-hydrogen) atoms. The quantitative estimate of drug-likeness (QED) is 0.807. The number of rotatable bonds is 3. The highest BCUT2D eigenvalue weighted by Crippen LogP contribution is 2.21. The van der Waals surface area contributed by atoms with E-state index in [-0.39, 0.29) is 11.3 Å². The van der Waals surface area contributed by atoms with Gasteiger partial charge >= 0.3 is 12.0 Å². The molecule has 98 valence electrons. The molecule has 2 aromatic rings. The summed E-state index contributed by atoms with van der Waals surface area (Å²) in [4.78, 5) is 22.6. The van der Waals surface area contributed by atoms with Gasteiger partial charge < -0.3 is 10.4 Å². The van der Waals surface area contributed by atoms with Crippen molar-refractivity contribution in [1.29, 1.82) is 0 Å². The topological polar surface area (TPSA) is 104 Å². The number of urea groups is 1. The highest BCUT2D eigenvalue weighted by Gasteiger charge is 2.13. The van der Waals surface area contributed by atoms with Crippen LogP contribution in [0.5, 0.6) is 0 Å². The minimum atomic E-state index is -1.16. The van der Waals surface area contributed by atoms with Gasteiger partial charge in [0.2, 0.25) is 5.13 Å². The van der Waals surface area contributed by atoms with Gasteiger partial charge in [-0.2, -0.15) is 0 Å². The van der Waals surface area contributed by atoms with Crippen LogP contribution in [0.4, 0.5) is 15.6 Å². The summed E-state index contributed by atoms with van der Waals surface area (Å²) in [7, 11) is 0. The summed E-state index contributed by atoms with van der Waals surface area (Å²) in [6.07, 6.45) is 0. The van der Waals surface area contributed by atoms with Crippen molar-refractivity contribution < 1.29 is 14.7 Å². The number of halogens is 1. The second-order valence-corrected chi connectivity index (χ2v) is 4.59. The summed E-state index contributed by atoms with van der Waals surface area (Å²) in [6, 6.07) is 3.47. The Balaban J connectivity index is 2.16. The zero-order chi connectivity index (χ0) is 13.8. The van der Waals surface area contributed by atoms with E-state index < -0.39 is 12.0 Å². The van der Waals surface area contributed by atoms with Crippen molar-refractivity contribution in [2.24, 2.45) is 0 Å². The molecule has 2 rings (SSSR count). The Morgan fingerprint density at radius 3 is 2.74 bits per heavy atom. The van der Waals surface area contributed by atoms with E-state index in [1.165, 1.54) is 23.7 Å². The zero-order valence-electron chi connectivity index (χ0n) is 9.25. The number of nitrogens with one attached hydrogen (secondary N) is 2. The summed E-state index contributed by atoms with van der Waals surface area (Å²) >= 11 is 6.90. The molecule has 1 aromatic carbocycles. The van der Waals surface area contributed by atoms with E-state index in [2.05, 4.69) is 20.8 Å². The molecule has 0 aliphatic carbocycles. The molecule has 9 heteroatoms. The van der Waals surface area contributed by atoms with Gasteiger partial charge in [-0.3, -0.25) is 5.32 Å². The Morgan fingerprint density at radius 2 is 2.11 bits per heavy atom. The van der Waals surface area contributed by atoms with Crippen LogP contribution in [0.15, 0.2) is 23.7 Å². The lowest BCUT2D eigenvalue weighted by Crippen LogP contribution is -2.21. The Bertz CT molecular complexity index is 617. The Morgan fingerprint density at radius 1 is 1.32 bits per heavy atom. The summed E-state index contributed by atoms with van der Waals surface area (Å²) in [6.45, 7) is 0. The van der Waals surface area contributed by atoms with Crippen LogP contribution in [0.2, 0.25) is 5.02 Å². The lowest BCUT2D eigenvalue weighted by Gasteiger charge is -2.08. The lowest BCUT2D eigenvalue weighted by atomic mass is 10.2. The van der Waals surface area contributed by atoms with Crippen molar-refractivity contribution >= 4 is 45.8 Å². The van der Waals surface area contributed by atoms with Gasteiger partial charge in [0.1, 0.15) is 5.51 Å². The van der Waals surface area contributed by atoms with Gasteiger partial charge in [0, 0.05) is 5.02 Å². The number of benzene rings is 1. The second kappa shape index (κ2) is 5.63. The molecule has 0 radical (unpaired) electrons. The van der Waals surface area contributed by atoms with Gasteiger partial charge in [-0.05, 0) is 18.2 Å². The smallest absolute Gasteiger partial charge is 0.337 e. The summed E-state index contributed by atoms with van der Waals surface area (Å²) in [5, 5.41) is 21.6. The first-order valence-electron chi connectivity index (χ1n) is 4.93. The Kier molecular flexibility index (Phi) is 3.93. The fourth-order valence-corrected chi connectivity index (χ4v) is 1.90. The van der Waals surface area contributed by atoms with Crippen LogP contribution >= 0.6 is 22.9 Å². The number of nitrogens with zero attached hydrogens (tertiary/aromatic N) is 2. The first-order chi connectivity index (χ1) is 9.06. The number of hydrogen-bond donors (Lipinski definition) is 3. The largest absolute Gasteiger partial charge is 0.478 e. The third-order valence-electron chi connectivity index (χ3n) is 2.04. The number of carboxylic acid groups (broad SMARTS) is 1. The minimum Gasteiger partial charge on any atom is -0.478 e. The lowest BCUT2D eigenvalue weighted by molar-refractivity contribution is 0.0698. The molecule has 0 aliphatic heterocycles. The molecular weight excluding hydrogens is 292 g/mol. The number of amides is 2. The van der Waals surface area contributed by atoms with E-state index in [1.54, 1.807) is 0 Å². The number of carbonyl (C=O) groups excluding carboxylic acids is 1. The molecule has 0 saturated carbocycles. The van der Waals surface area contributed by atoms with Crippen LogP contribution in [0.3, 0.4) is 0 Å². The highest BCUT2D eigenvalue weighted by molar-refractivity contribution is 7.13. The molecule has 1 aromatic heterocycles. The first-order valence-corrected chi connectivity index (χ1v) is 6.19. The monoisotopic (exact) mass is 298 g/mol. The van der Waals surface area contributed by atoms with Crippen molar-refractivity contribution in [3.05, 3.63) is 34.3 Å². The van der Waals surface area contributed by atoms with Gasteiger partial charge in [-0.15, -0.1) is 10.2 Å². The number of carbonyl (C=O) groups is 2. The number of hydrogen-bond acceptors (Lipinski definition) is 5. The molecular formula is C10H7ClN4O3S. The third-order valence-corrected chi connectivity index (χ3v) is 2.88. The minimum absolute atomic E-state index is 0.0585. The van der Waals surface area contributed by atoms with Crippen molar-refractivity contribution in [2.75, 3.05) is 10.6 Å². The Labute approximate surface area is 116 Å². The van der Waals surface area contributed by atoms with E-state index in [0.717, 1.165) is 11.3 Å². The van der Waals surface area contributed by atoms with Crippen LogP contribution < -0.4 is 10.6 Å². The molecule has 0 unspecified atom stereocenters. The van der Waals surface area contributed by atoms with Crippen molar-refractivity contribution in [2.45, 2.75) is 0 Å². The van der Waals surface area contributed by atoms with Gasteiger partial charge in [0.15, 0.2) is 0 Å². The maximum absolute atomic E-state index is 11.6. The molecule has 3 N–H and O–H groups in total. The van der Waals surface area contributed by atoms with E-state index >= 15 is 0 Å². The van der Waals surface area contributed by atoms with Crippen LogP contribution in [0.25, 0.3) is 0 Å². The fourth-order valence-electron chi connectivity index (χ4n) is 1.28. The maximum Gasteiger partial charge on any atom is 0.337 e. The van der Waals surface area contributed by atoms with Crippen LogP contribution in [0, 0.1) is 0 Å². The van der Waals surface area contributed by atoms with E-state index in [9.17, 15) is 9.59 Å². The Hall–Kier alpha value is -2.19. The van der Waals surface area contributed by atoms with Gasteiger partial charge in [-0.25, -0.2) is 9.59 Å². The maximum atomic E-state index is 11.6. The van der Waals surface area contributed by atoms with E-state index in [1.807, 2.05) is 0 Å². The van der Waals surface area contributed by atoms with Crippen LogP contribution in [-0.2, 0) is 0 Å². The van der Waals surface area contributed by atoms with Crippen LogP contribution in [0.1, 0.15) is 10.4 Å². The fraction of sp³-hybridized carbons (Fsp3) is 0. The molecule has 2 amide bonds. The number of aromatic carboxylic acids is 1. The summed E-state index contributed by atoms with van der Waals surface area (Å²) in [5.74, 6) is -1.16. The molecule has 0 fully saturated rings. The average molecular weight is 299 g/mol. The second-order valence-electron chi connectivity index (χ2n) is 3.32. The summed E-state index contributed by atoms with van der Waals surface area (Å²) in [5.41, 5.74) is 1.50. The average Bonchev–Trinajstić information content (AvgIpc) is 2.81. The van der Waals surface area contributed by atoms with Gasteiger partial charge in [0.05, 0.1) is 11.3 Å². The van der Waals surface area contributed by atoms with Gasteiger partial charge in [0.25, 0.3) is 0 Å². The molecule has 0 spiro atoms. The van der Waals surface area contributed by atoms with Crippen LogP contribution in [-0.4, -0.2) is 27.3 Å². The first kappa shape index (κ1) is 13.2. The number of aromatic nitrogens is 2. The molecule has 0 bridgehead atoms. The number of carboxylic acids is 1. The van der Waals surface area contributed by atoms with E-state index in [4.69, 9.17) is 16.7 Å². The predicted molar refractivity (Wildman–Crippen MR) is 71.0 cm³/mol. The predicted octanol–water partition coefficient (Wildman–Crippen LogP) is 2.53. The molecule has 1 heterocycles. The molecule has 0 saturated heterocycles. The van der Waals surface area contributed by atoms with Gasteiger partial charge in [-0.1, -0.05) is 22.9 Å². The standard InChI is InChI=1S/C10H7ClN4O3S/c11-5-1-2-6(8(16)17)7(3-5)13-9(18)14-10-15-12-4-19-10/h1-4H,(H,16,17)(H2,13,14,15,18). The summed E-state index contributed by atoms with van der Waals surface area (Å²) < 4.78 is 0. The van der Waals surface area contributed by atoms with Crippen molar-refractivity contribution in [3.63, 3.8) is 0 Å². The van der Waals surface area contributed by atoms with Crippen molar-refractivity contribution in [3.8, 4) is 0 Å².